The van der Waals surface area contributed by atoms with E-state index in [0.717, 1.165) is 30.9 Å². The Hall–Kier alpha value is -1.75. The molecule has 5 nitrogen and oxygen atoms in total. The Morgan fingerprint density at radius 1 is 1.45 bits per heavy atom. The van der Waals surface area contributed by atoms with Crippen LogP contribution in [0.3, 0.4) is 0 Å². The second-order valence-electron chi connectivity index (χ2n) is 5.69. The fourth-order valence-corrected chi connectivity index (χ4v) is 2.61. The van der Waals surface area contributed by atoms with Crippen molar-refractivity contribution in [2.24, 2.45) is 5.92 Å². The maximum absolute atomic E-state index is 11.2. The van der Waals surface area contributed by atoms with Crippen LogP contribution in [0.15, 0.2) is 12.1 Å². The van der Waals surface area contributed by atoms with Crippen molar-refractivity contribution in [1.29, 1.82) is 0 Å². The first kappa shape index (κ1) is 14.7. The summed E-state index contributed by atoms with van der Waals surface area (Å²) in [6.07, 6.45) is 2.37. The number of carboxylic acids is 1. The zero-order valence-electron chi connectivity index (χ0n) is 12.1. The molecule has 1 fully saturated rings. The van der Waals surface area contributed by atoms with Gasteiger partial charge in [-0.05, 0) is 63.5 Å². The number of hydrogen-bond acceptors (Lipinski definition) is 4. The third-order valence-electron chi connectivity index (χ3n) is 4.05. The fraction of sp³-hybridized carbons (Fsp3) is 0.533. The highest BCUT2D eigenvalue weighted by atomic mass is 16.4. The molecule has 0 unspecified atom stereocenters. The summed E-state index contributed by atoms with van der Waals surface area (Å²) in [6, 6.07) is 3.54. The summed E-state index contributed by atoms with van der Waals surface area (Å²) in [5.74, 6) is -0.328. The van der Waals surface area contributed by atoms with Crippen LogP contribution in [0.4, 0.5) is 11.4 Å². The number of hydrogen-bond donors (Lipinski definition) is 3. The van der Waals surface area contributed by atoms with Gasteiger partial charge in [-0.3, -0.25) is 0 Å². The molecular weight excluding hydrogens is 254 g/mol. The first-order valence-corrected chi connectivity index (χ1v) is 7.03. The van der Waals surface area contributed by atoms with Crippen LogP contribution in [0.5, 0.6) is 0 Å². The molecule has 0 saturated carbocycles. The maximum atomic E-state index is 11.2. The number of carboxylic acid groups (broad SMARTS) is 1. The Labute approximate surface area is 119 Å². The molecule has 1 aromatic rings. The number of aromatic carboxylic acids is 1. The van der Waals surface area contributed by atoms with Crippen molar-refractivity contribution in [3.05, 3.63) is 23.3 Å². The minimum atomic E-state index is -0.978. The smallest absolute Gasteiger partial charge is 0.337 e. The number of nitrogens with two attached hydrogens (primary N) is 1. The second-order valence-corrected chi connectivity index (χ2v) is 5.69. The lowest BCUT2D eigenvalue weighted by atomic mass is 9.97. The lowest BCUT2D eigenvalue weighted by Crippen LogP contribution is -2.33. The molecule has 1 aliphatic rings. The molecule has 0 amide bonds. The summed E-state index contributed by atoms with van der Waals surface area (Å²) in [5.41, 5.74) is 7.96. The van der Waals surface area contributed by atoms with Crippen LogP contribution >= 0.6 is 0 Å². The van der Waals surface area contributed by atoms with Crippen LogP contribution in [-0.2, 0) is 0 Å². The molecule has 0 aliphatic carbocycles. The average molecular weight is 277 g/mol. The summed E-state index contributed by atoms with van der Waals surface area (Å²) in [7, 11) is 2.14. The van der Waals surface area contributed by atoms with E-state index in [9.17, 15) is 4.79 Å². The number of nitrogens with one attached hydrogen (secondary N) is 1. The Kier molecular flexibility index (Phi) is 4.49. The van der Waals surface area contributed by atoms with Gasteiger partial charge >= 0.3 is 5.97 Å². The molecule has 4 N–H and O–H groups in total. The van der Waals surface area contributed by atoms with E-state index in [1.807, 2.05) is 13.0 Å². The predicted octanol–water partition coefficient (Wildman–Crippen LogP) is 2.03. The van der Waals surface area contributed by atoms with Crippen LogP contribution in [0.25, 0.3) is 0 Å². The molecule has 0 aromatic heterocycles. The molecule has 0 atom stereocenters. The summed E-state index contributed by atoms with van der Waals surface area (Å²) in [4.78, 5) is 13.5. The molecule has 0 spiro atoms. The summed E-state index contributed by atoms with van der Waals surface area (Å²) in [5, 5.41) is 12.5. The van der Waals surface area contributed by atoms with Crippen molar-refractivity contribution in [3.63, 3.8) is 0 Å². The summed E-state index contributed by atoms with van der Waals surface area (Å²) < 4.78 is 0. The highest BCUT2D eigenvalue weighted by Gasteiger charge is 2.17. The van der Waals surface area contributed by atoms with E-state index < -0.39 is 5.97 Å². The first-order valence-electron chi connectivity index (χ1n) is 7.03. The molecule has 0 radical (unpaired) electrons. The molecule has 0 bridgehead atoms. The van der Waals surface area contributed by atoms with E-state index in [1.54, 1.807) is 6.07 Å². The quantitative estimate of drug-likeness (QED) is 0.734. The zero-order chi connectivity index (χ0) is 14.7. The normalized spacial score (nSPS) is 17.1. The number of benzene rings is 1. The standard InChI is InChI=1S/C15H23N3O2/c1-10-7-12(8-13(14(10)16)15(19)20)17-9-11-3-5-18(2)6-4-11/h7-8,11,17H,3-6,9,16H2,1-2H3,(H,19,20). The summed E-state index contributed by atoms with van der Waals surface area (Å²) >= 11 is 0. The van der Waals surface area contributed by atoms with Crippen molar-refractivity contribution in [2.45, 2.75) is 19.8 Å². The van der Waals surface area contributed by atoms with E-state index in [4.69, 9.17) is 10.8 Å². The Morgan fingerprint density at radius 2 is 2.10 bits per heavy atom. The van der Waals surface area contributed by atoms with E-state index in [0.29, 0.717) is 11.6 Å². The monoisotopic (exact) mass is 277 g/mol. The number of piperidine rings is 1. The second kappa shape index (κ2) is 6.13. The van der Waals surface area contributed by atoms with Gasteiger partial charge in [-0.2, -0.15) is 0 Å². The van der Waals surface area contributed by atoms with Crippen LogP contribution in [0, 0.1) is 12.8 Å². The van der Waals surface area contributed by atoms with Crippen LogP contribution in [0.1, 0.15) is 28.8 Å². The number of likely N-dealkylation sites (tertiary alicyclic amines) is 1. The van der Waals surface area contributed by atoms with Gasteiger partial charge < -0.3 is 21.1 Å². The van der Waals surface area contributed by atoms with Gasteiger partial charge in [0, 0.05) is 17.9 Å². The zero-order valence-corrected chi connectivity index (χ0v) is 12.1. The molecule has 2 rings (SSSR count). The van der Waals surface area contributed by atoms with Gasteiger partial charge in [0.25, 0.3) is 0 Å². The molecule has 1 saturated heterocycles. The van der Waals surface area contributed by atoms with Crippen molar-refractivity contribution in [1.82, 2.24) is 4.90 Å². The Bertz CT molecular complexity index is 494. The highest BCUT2D eigenvalue weighted by Crippen LogP contribution is 2.24. The van der Waals surface area contributed by atoms with Crippen molar-refractivity contribution in [2.75, 3.05) is 37.7 Å². The Morgan fingerprint density at radius 3 is 2.70 bits per heavy atom. The average Bonchev–Trinajstić information content (AvgIpc) is 2.41. The van der Waals surface area contributed by atoms with Gasteiger partial charge in [0.05, 0.1) is 5.56 Å². The first-order chi connectivity index (χ1) is 9.47. The van der Waals surface area contributed by atoms with Gasteiger partial charge in [-0.15, -0.1) is 0 Å². The van der Waals surface area contributed by atoms with Crippen LogP contribution in [-0.4, -0.2) is 42.7 Å². The van der Waals surface area contributed by atoms with Crippen molar-refractivity contribution in [3.8, 4) is 0 Å². The topological polar surface area (TPSA) is 78.6 Å². The van der Waals surface area contributed by atoms with Gasteiger partial charge in [0.2, 0.25) is 0 Å². The molecule has 1 aromatic carbocycles. The number of aryl methyl sites for hydroxylation is 1. The summed E-state index contributed by atoms with van der Waals surface area (Å²) in [6.45, 7) is 4.99. The minimum Gasteiger partial charge on any atom is -0.478 e. The third-order valence-corrected chi connectivity index (χ3v) is 4.05. The highest BCUT2D eigenvalue weighted by molar-refractivity contribution is 5.95. The van der Waals surface area contributed by atoms with Gasteiger partial charge in [0.15, 0.2) is 0 Å². The molecule has 110 valence electrons. The van der Waals surface area contributed by atoms with Crippen LogP contribution < -0.4 is 11.1 Å². The number of rotatable bonds is 4. The SMILES string of the molecule is Cc1cc(NCC2CCN(C)CC2)cc(C(=O)O)c1N. The lowest BCUT2D eigenvalue weighted by molar-refractivity contribution is 0.0698. The largest absolute Gasteiger partial charge is 0.478 e. The van der Waals surface area contributed by atoms with Gasteiger partial charge in [-0.25, -0.2) is 4.79 Å². The molecule has 5 heteroatoms. The van der Waals surface area contributed by atoms with Gasteiger partial charge in [0.1, 0.15) is 0 Å². The number of nitrogens with zero attached hydrogens (tertiary/aromatic N) is 1. The van der Waals surface area contributed by atoms with E-state index >= 15 is 0 Å². The minimum absolute atomic E-state index is 0.177. The maximum Gasteiger partial charge on any atom is 0.337 e. The predicted molar refractivity (Wildman–Crippen MR) is 81.3 cm³/mol. The third kappa shape index (κ3) is 3.42. The van der Waals surface area contributed by atoms with E-state index in [1.165, 1.54) is 12.8 Å². The molecular formula is C15H23N3O2. The van der Waals surface area contributed by atoms with E-state index in [2.05, 4.69) is 17.3 Å². The molecule has 1 heterocycles. The van der Waals surface area contributed by atoms with Crippen molar-refractivity contribution < 1.29 is 9.90 Å². The molecule has 1 aliphatic heterocycles. The van der Waals surface area contributed by atoms with Crippen LogP contribution in [0.2, 0.25) is 0 Å². The molecule has 20 heavy (non-hydrogen) atoms. The Balaban J connectivity index is 2.01. The fourth-order valence-electron chi connectivity index (χ4n) is 2.61. The van der Waals surface area contributed by atoms with E-state index in [-0.39, 0.29) is 5.56 Å². The number of nitrogen functional groups attached to an aromatic ring is 1. The number of carbonyl (C=O) groups is 1. The number of anilines is 2. The van der Waals surface area contributed by atoms with Gasteiger partial charge in [-0.1, -0.05) is 0 Å². The lowest BCUT2D eigenvalue weighted by Gasteiger charge is -2.29. The van der Waals surface area contributed by atoms with Crippen molar-refractivity contribution >= 4 is 17.3 Å².